The van der Waals surface area contributed by atoms with Gasteiger partial charge in [0.25, 0.3) is 0 Å². The van der Waals surface area contributed by atoms with Crippen LogP contribution in [-0.2, 0) is 9.47 Å². The number of carbonyl (C=O) groups excluding carboxylic acids is 1. The van der Waals surface area contributed by atoms with Gasteiger partial charge in [0.15, 0.2) is 0 Å². The first-order valence-electron chi connectivity index (χ1n) is 8.81. The molecular weight excluding hydrogens is 320 g/mol. The fraction of sp³-hybridized carbons (Fsp3) is 0.579. The maximum absolute atomic E-state index is 11.7. The molecule has 1 fully saturated rings. The van der Waals surface area contributed by atoms with Gasteiger partial charge in [0.05, 0.1) is 25.9 Å². The molecular formula is C19H28N2O4. The number of allylic oxidation sites excluding steroid dienone is 1. The largest absolute Gasteiger partial charge is 0.485 e. The maximum Gasteiger partial charge on any atom is 0.410 e. The van der Waals surface area contributed by atoms with Crippen LogP contribution in [-0.4, -0.2) is 55.5 Å². The summed E-state index contributed by atoms with van der Waals surface area (Å²) in [5.74, 6) is 1.41. The number of methoxy groups -OCH3 is 1. The van der Waals surface area contributed by atoms with Crippen LogP contribution in [0.5, 0.6) is 5.75 Å². The molecule has 25 heavy (non-hydrogen) atoms. The summed E-state index contributed by atoms with van der Waals surface area (Å²) >= 11 is 0. The SMILES string of the molecule is CC[C@@H](C)C/C=C/c1cncc(OC2CN(C(=O)OCCOC)C2)c1. The van der Waals surface area contributed by atoms with Crippen molar-refractivity contribution in [3.05, 3.63) is 30.1 Å². The number of amides is 1. The predicted molar refractivity (Wildman–Crippen MR) is 96.6 cm³/mol. The van der Waals surface area contributed by atoms with E-state index in [4.69, 9.17) is 14.2 Å². The summed E-state index contributed by atoms with van der Waals surface area (Å²) in [4.78, 5) is 17.6. The molecule has 1 aliphatic heterocycles. The number of likely N-dealkylation sites (tertiary alicyclic amines) is 1. The van der Waals surface area contributed by atoms with Gasteiger partial charge in [-0.1, -0.05) is 32.4 Å². The van der Waals surface area contributed by atoms with E-state index in [1.807, 2.05) is 12.3 Å². The second-order valence-electron chi connectivity index (χ2n) is 6.36. The molecule has 0 saturated carbocycles. The summed E-state index contributed by atoms with van der Waals surface area (Å²) in [5.41, 5.74) is 1.02. The van der Waals surface area contributed by atoms with E-state index in [2.05, 4.69) is 31.0 Å². The van der Waals surface area contributed by atoms with E-state index in [9.17, 15) is 4.79 Å². The second kappa shape index (κ2) is 10.0. The lowest BCUT2D eigenvalue weighted by molar-refractivity contribution is 0.00436. The first-order valence-corrected chi connectivity index (χ1v) is 8.81. The molecule has 0 bridgehead atoms. The Morgan fingerprint density at radius 3 is 2.92 bits per heavy atom. The van der Waals surface area contributed by atoms with E-state index < -0.39 is 0 Å². The summed E-state index contributed by atoms with van der Waals surface area (Å²) < 4.78 is 15.8. The van der Waals surface area contributed by atoms with Crippen molar-refractivity contribution in [2.75, 3.05) is 33.4 Å². The molecule has 138 valence electrons. The number of hydrogen-bond acceptors (Lipinski definition) is 5. The lowest BCUT2D eigenvalue weighted by atomic mass is 10.0. The highest BCUT2D eigenvalue weighted by atomic mass is 16.6. The summed E-state index contributed by atoms with van der Waals surface area (Å²) in [6.07, 6.45) is 9.67. The fourth-order valence-electron chi connectivity index (χ4n) is 2.35. The van der Waals surface area contributed by atoms with E-state index in [0.717, 1.165) is 17.7 Å². The van der Waals surface area contributed by atoms with Crippen molar-refractivity contribution in [2.45, 2.75) is 32.8 Å². The minimum atomic E-state index is -0.322. The third kappa shape index (κ3) is 6.38. The molecule has 1 aliphatic rings. The fourth-order valence-corrected chi connectivity index (χ4v) is 2.35. The smallest absolute Gasteiger partial charge is 0.410 e. The van der Waals surface area contributed by atoms with Gasteiger partial charge in [-0.2, -0.15) is 0 Å². The summed E-state index contributed by atoms with van der Waals surface area (Å²) in [5, 5.41) is 0. The second-order valence-corrected chi connectivity index (χ2v) is 6.36. The first kappa shape index (κ1) is 19.2. The van der Waals surface area contributed by atoms with Gasteiger partial charge in [0, 0.05) is 13.3 Å². The van der Waals surface area contributed by atoms with Crippen molar-refractivity contribution in [3.63, 3.8) is 0 Å². The highest BCUT2D eigenvalue weighted by Gasteiger charge is 2.33. The molecule has 6 heteroatoms. The topological polar surface area (TPSA) is 60.9 Å². The van der Waals surface area contributed by atoms with Crippen LogP contribution < -0.4 is 4.74 Å². The summed E-state index contributed by atoms with van der Waals surface area (Å²) in [7, 11) is 1.57. The highest BCUT2D eigenvalue weighted by molar-refractivity contribution is 5.68. The number of nitrogens with zero attached hydrogens (tertiary/aromatic N) is 2. The van der Waals surface area contributed by atoms with E-state index in [-0.39, 0.29) is 18.8 Å². The highest BCUT2D eigenvalue weighted by Crippen LogP contribution is 2.20. The Morgan fingerprint density at radius 2 is 2.20 bits per heavy atom. The molecule has 0 spiro atoms. The Morgan fingerprint density at radius 1 is 1.40 bits per heavy atom. The predicted octanol–water partition coefficient (Wildman–Crippen LogP) is 3.38. The third-order valence-electron chi connectivity index (χ3n) is 4.20. The summed E-state index contributed by atoms with van der Waals surface area (Å²) in [6.45, 7) is 6.17. The number of hydrogen-bond donors (Lipinski definition) is 0. The summed E-state index contributed by atoms with van der Waals surface area (Å²) in [6, 6.07) is 1.97. The van der Waals surface area contributed by atoms with Gasteiger partial charge in [-0.3, -0.25) is 4.98 Å². The van der Waals surface area contributed by atoms with Gasteiger partial charge in [0.1, 0.15) is 18.5 Å². The van der Waals surface area contributed by atoms with Crippen LogP contribution >= 0.6 is 0 Å². The Labute approximate surface area is 149 Å². The molecule has 0 radical (unpaired) electrons. The molecule has 1 saturated heterocycles. The third-order valence-corrected chi connectivity index (χ3v) is 4.20. The Balaban J connectivity index is 1.75. The van der Waals surface area contributed by atoms with Crippen molar-refractivity contribution in [1.82, 2.24) is 9.88 Å². The van der Waals surface area contributed by atoms with E-state index in [1.54, 1.807) is 18.2 Å². The number of rotatable bonds is 9. The normalized spacial score (nSPS) is 15.9. The molecule has 1 atom stereocenters. The van der Waals surface area contributed by atoms with Gasteiger partial charge in [0.2, 0.25) is 0 Å². The lowest BCUT2D eigenvalue weighted by Crippen LogP contribution is -2.56. The van der Waals surface area contributed by atoms with Crippen LogP contribution in [0.25, 0.3) is 6.08 Å². The molecule has 0 aromatic carbocycles. The standard InChI is InChI=1S/C19H28N2O4/c1-4-15(2)6-5-7-16-10-17(12-20-11-16)25-18-13-21(14-18)19(22)24-9-8-23-3/h5,7,10-12,15,18H,4,6,8-9,13-14H2,1-3H3/b7-5+/t15-/m1/s1. The molecule has 1 aromatic heterocycles. The van der Waals surface area contributed by atoms with Crippen LogP contribution in [0, 0.1) is 5.92 Å². The van der Waals surface area contributed by atoms with Crippen molar-refractivity contribution in [3.8, 4) is 5.75 Å². The molecule has 0 unspecified atom stereocenters. The van der Waals surface area contributed by atoms with Crippen molar-refractivity contribution in [2.24, 2.45) is 5.92 Å². The van der Waals surface area contributed by atoms with Gasteiger partial charge >= 0.3 is 6.09 Å². The van der Waals surface area contributed by atoms with Crippen molar-refractivity contribution in [1.29, 1.82) is 0 Å². The molecule has 0 N–H and O–H groups in total. The van der Waals surface area contributed by atoms with Gasteiger partial charge in [-0.25, -0.2) is 4.79 Å². The zero-order valence-corrected chi connectivity index (χ0v) is 15.3. The molecule has 6 nitrogen and oxygen atoms in total. The van der Waals surface area contributed by atoms with Crippen LogP contribution in [0.2, 0.25) is 0 Å². The lowest BCUT2D eigenvalue weighted by Gasteiger charge is -2.37. The number of carbonyl (C=O) groups is 1. The number of pyridine rings is 1. The number of aromatic nitrogens is 1. The van der Waals surface area contributed by atoms with Gasteiger partial charge in [-0.15, -0.1) is 0 Å². The quantitative estimate of drug-likeness (QED) is 0.640. The Kier molecular flexibility index (Phi) is 7.73. The van der Waals surface area contributed by atoms with Crippen molar-refractivity contribution >= 4 is 12.2 Å². The Hall–Kier alpha value is -2.08. The minimum Gasteiger partial charge on any atom is -0.485 e. The van der Waals surface area contributed by atoms with E-state index in [0.29, 0.717) is 25.6 Å². The average Bonchev–Trinajstić information content (AvgIpc) is 2.58. The first-order chi connectivity index (χ1) is 12.1. The monoisotopic (exact) mass is 348 g/mol. The van der Waals surface area contributed by atoms with E-state index >= 15 is 0 Å². The molecule has 0 aliphatic carbocycles. The molecule has 2 rings (SSSR count). The molecule has 1 amide bonds. The van der Waals surface area contributed by atoms with Gasteiger partial charge < -0.3 is 19.1 Å². The van der Waals surface area contributed by atoms with Crippen LogP contribution in [0.1, 0.15) is 32.3 Å². The van der Waals surface area contributed by atoms with Crippen molar-refractivity contribution < 1.29 is 19.0 Å². The van der Waals surface area contributed by atoms with Crippen LogP contribution in [0.4, 0.5) is 4.79 Å². The maximum atomic E-state index is 11.7. The molecule has 1 aromatic rings. The number of ether oxygens (including phenoxy) is 3. The molecule has 2 heterocycles. The van der Waals surface area contributed by atoms with Crippen LogP contribution in [0.15, 0.2) is 24.5 Å². The van der Waals surface area contributed by atoms with Gasteiger partial charge in [-0.05, 0) is 24.0 Å². The minimum absolute atomic E-state index is 0.0175. The van der Waals surface area contributed by atoms with E-state index in [1.165, 1.54) is 6.42 Å². The Bertz CT molecular complexity index is 570. The average molecular weight is 348 g/mol. The van der Waals surface area contributed by atoms with Crippen LogP contribution in [0.3, 0.4) is 0 Å². The zero-order valence-electron chi connectivity index (χ0n) is 15.3. The zero-order chi connectivity index (χ0) is 18.1.